The Balaban J connectivity index is 1.80. The molecule has 0 aliphatic carbocycles. The van der Waals surface area contributed by atoms with Crippen LogP contribution in [0.15, 0.2) is 0 Å². The average Bonchev–Trinajstić information content (AvgIpc) is 2.37. The van der Waals surface area contributed by atoms with E-state index in [0.29, 0.717) is 6.04 Å². The van der Waals surface area contributed by atoms with Gasteiger partial charge in [-0.05, 0) is 19.9 Å². The zero-order chi connectivity index (χ0) is 13.1. The monoisotopic (exact) mass is 254 g/mol. The van der Waals surface area contributed by atoms with Crippen molar-refractivity contribution in [2.75, 3.05) is 26.2 Å². The van der Waals surface area contributed by atoms with E-state index in [1.807, 2.05) is 0 Å². The maximum Gasteiger partial charge on any atom is 0.0167 e. The van der Waals surface area contributed by atoms with Crippen LogP contribution in [0, 0.1) is 0 Å². The number of nitrogens with one attached hydrogen (secondary N) is 1. The molecule has 0 aromatic carbocycles. The predicted octanol–water partition coefficient (Wildman–Crippen LogP) is 3.81. The number of unbranched alkanes of at least 4 members (excludes halogenated alkanes) is 8. The summed E-state index contributed by atoms with van der Waals surface area (Å²) in [6.45, 7) is 9.58. The Bertz CT molecular complexity index is 182. The van der Waals surface area contributed by atoms with Gasteiger partial charge in [0.1, 0.15) is 0 Å². The largest absolute Gasteiger partial charge is 0.312 e. The lowest BCUT2D eigenvalue weighted by Crippen LogP contribution is -2.49. The van der Waals surface area contributed by atoms with Crippen molar-refractivity contribution in [2.45, 2.75) is 77.7 Å². The Kier molecular flexibility index (Phi) is 9.59. The molecule has 18 heavy (non-hydrogen) atoms. The molecular formula is C16H34N2. The second-order valence-electron chi connectivity index (χ2n) is 5.98. The van der Waals surface area contributed by atoms with Gasteiger partial charge in [0, 0.05) is 25.7 Å². The number of rotatable bonds is 10. The molecule has 0 spiro atoms. The van der Waals surface area contributed by atoms with Gasteiger partial charge in [-0.3, -0.25) is 0 Å². The summed E-state index contributed by atoms with van der Waals surface area (Å²) >= 11 is 0. The van der Waals surface area contributed by atoms with Gasteiger partial charge in [-0.2, -0.15) is 0 Å². The van der Waals surface area contributed by atoms with Crippen LogP contribution in [-0.4, -0.2) is 37.1 Å². The van der Waals surface area contributed by atoms with E-state index in [-0.39, 0.29) is 0 Å². The highest BCUT2D eigenvalue weighted by atomic mass is 15.2. The summed E-state index contributed by atoms with van der Waals surface area (Å²) in [5.74, 6) is 0. The molecule has 0 saturated carbocycles. The first-order valence-corrected chi connectivity index (χ1v) is 8.28. The van der Waals surface area contributed by atoms with Crippen LogP contribution in [0.1, 0.15) is 71.6 Å². The lowest BCUT2D eigenvalue weighted by molar-refractivity contribution is 0.203. The fraction of sp³-hybridized carbons (Fsp3) is 1.00. The third kappa shape index (κ3) is 8.10. The lowest BCUT2D eigenvalue weighted by Gasteiger charge is -2.31. The van der Waals surface area contributed by atoms with Gasteiger partial charge in [-0.1, -0.05) is 58.3 Å². The van der Waals surface area contributed by atoms with Crippen molar-refractivity contribution in [3.8, 4) is 0 Å². The Hall–Kier alpha value is -0.0800. The fourth-order valence-electron chi connectivity index (χ4n) is 2.86. The minimum absolute atomic E-state index is 0.692. The standard InChI is InChI=1S/C16H34N2/c1-3-4-5-6-7-8-9-10-11-13-18-14-12-17-16(2)15-18/h16-17H,3-15H2,1-2H3. The molecule has 1 aliphatic heterocycles. The van der Waals surface area contributed by atoms with Gasteiger partial charge in [0.15, 0.2) is 0 Å². The molecule has 1 rings (SSSR count). The smallest absolute Gasteiger partial charge is 0.0167 e. The molecule has 1 saturated heterocycles. The molecule has 1 atom stereocenters. The summed E-state index contributed by atoms with van der Waals surface area (Å²) in [5.41, 5.74) is 0. The van der Waals surface area contributed by atoms with Crippen molar-refractivity contribution in [1.29, 1.82) is 0 Å². The first-order valence-electron chi connectivity index (χ1n) is 8.28. The zero-order valence-corrected chi connectivity index (χ0v) is 12.7. The second-order valence-corrected chi connectivity index (χ2v) is 5.98. The number of hydrogen-bond donors (Lipinski definition) is 1. The van der Waals surface area contributed by atoms with Gasteiger partial charge in [0.2, 0.25) is 0 Å². The average molecular weight is 254 g/mol. The molecule has 2 nitrogen and oxygen atoms in total. The summed E-state index contributed by atoms with van der Waals surface area (Å²) in [6.07, 6.45) is 12.9. The quantitative estimate of drug-likeness (QED) is 0.596. The Morgan fingerprint density at radius 3 is 2.17 bits per heavy atom. The second kappa shape index (κ2) is 10.8. The van der Waals surface area contributed by atoms with Crippen LogP contribution in [0.3, 0.4) is 0 Å². The number of hydrogen-bond acceptors (Lipinski definition) is 2. The molecule has 1 aliphatic rings. The molecule has 108 valence electrons. The van der Waals surface area contributed by atoms with Crippen LogP contribution in [0.2, 0.25) is 0 Å². The van der Waals surface area contributed by atoms with Crippen LogP contribution in [-0.2, 0) is 0 Å². The molecule has 0 bridgehead atoms. The molecule has 1 N–H and O–H groups in total. The van der Waals surface area contributed by atoms with Crippen molar-refractivity contribution >= 4 is 0 Å². The van der Waals surface area contributed by atoms with Gasteiger partial charge in [0.25, 0.3) is 0 Å². The maximum absolute atomic E-state index is 3.51. The van der Waals surface area contributed by atoms with E-state index >= 15 is 0 Å². The molecule has 1 heterocycles. The molecule has 2 heteroatoms. The van der Waals surface area contributed by atoms with E-state index in [1.165, 1.54) is 84.0 Å². The summed E-state index contributed by atoms with van der Waals surface area (Å²) in [4.78, 5) is 2.63. The third-order valence-corrected chi connectivity index (χ3v) is 4.03. The van der Waals surface area contributed by atoms with E-state index < -0.39 is 0 Å². The van der Waals surface area contributed by atoms with Crippen LogP contribution >= 0.6 is 0 Å². The SMILES string of the molecule is CCCCCCCCCCCN1CCNC(C)C1. The fourth-order valence-corrected chi connectivity index (χ4v) is 2.86. The minimum Gasteiger partial charge on any atom is -0.312 e. The van der Waals surface area contributed by atoms with Crippen LogP contribution in [0.4, 0.5) is 0 Å². The van der Waals surface area contributed by atoms with Crippen molar-refractivity contribution in [1.82, 2.24) is 10.2 Å². The van der Waals surface area contributed by atoms with Crippen molar-refractivity contribution < 1.29 is 0 Å². The third-order valence-electron chi connectivity index (χ3n) is 4.03. The number of piperazine rings is 1. The molecule has 1 fully saturated rings. The molecule has 1 unspecified atom stereocenters. The van der Waals surface area contributed by atoms with Gasteiger partial charge in [-0.25, -0.2) is 0 Å². The topological polar surface area (TPSA) is 15.3 Å². The van der Waals surface area contributed by atoms with E-state index in [9.17, 15) is 0 Å². The number of nitrogens with zero attached hydrogens (tertiary/aromatic N) is 1. The van der Waals surface area contributed by atoms with Gasteiger partial charge >= 0.3 is 0 Å². The van der Waals surface area contributed by atoms with E-state index in [2.05, 4.69) is 24.1 Å². The van der Waals surface area contributed by atoms with E-state index in [4.69, 9.17) is 0 Å². The summed E-state index contributed by atoms with van der Waals surface area (Å²) in [5, 5.41) is 3.51. The van der Waals surface area contributed by atoms with Gasteiger partial charge in [-0.15, -0.1) is 0 Å². The zero-order valence-electron chi connectivity index (χ0n) is 12.7. The summed E-state index contributed by atoms with van der Waals surface area (Å²) in [7, 11) is 0. The lowest BCUT2D eigenvalue weighted by atomic mass is 10.1. The minimum atomic E-state index is 0.692. The highest BCUT2D eigenvalue weighted by molar-refractivity contribution is 4.74. The van der Waals surface area contributed by atoms with Gasteiger partial charge in [0.05, 0.1) is 0 Å². The molecule has 0 aromatic rings. The maximum atomic E-state index is 3.51. The first kappa shape index (κ1) is 16.0. The highest BCUT2D eigenvalue weighted by Gasteiger charge is 2.14. The summed E-state index contributed by atoms with van der Waals surface area (Å²) < 4.78 is 0. The highest BCUT2D eigenvalue weighted by Crippen LogP contribution is 2.10. The molecular weight excluding hydrogens is 220 g/mol. The van der Waals surface area contributed by atoms with Crippen LogP contribution in [0.25, 0.3) is 0 Å². The molecule has 0 amide bonds. The van der Waals surface area contributed by atoms with Crippen molar-refractivity contribution in [2.24, 2.45) is 0 Å². The normalized spacial score (nSPS) is 21.3. The molecule has 0 radical (unpaired) electrons. The molecule has 0 aromatic heterocycles. The van der Waals surface area contributed by atoms with E-state index in [0.717, 1.165) is 0 Å². The first-order chi connectivity index (χ1) is 8.83. The predicted molar refractivity (Wildman–Crippen MR) is 81.1 cm³/mol. The van der Waals surface area contributed by atoms with Crippen molar-refractivity contribution in [3.05, 3.63) is 0 Å². The van der Waals surface area contributed by atoms with Crippen molar-refractivity contribution in [3.63, 3.8) is 0 Å². The van der Waals surface area contributed by atoms with Gasteiger partial charge < -0.3 is 10.2 Å². The van der Waals surface area contributed by atoms with Crippen LogP contribution < -0.4 is 5.32 Å². The Morgan fingerprint density at radius 2 is 1.56 bits per heavy atom. The Morgan fingerprint density at radius 1 is 0.944 bits per heavy atom. The summed E-state index contributed by atoms with van der Waals surface area (Å²) in [6, 6.07) is 0.692. The van der Waals surface area contributed by atoms with Crippen LogP contribution in [0.5, 0.6) is 0 Å². The Labute approximate surface area is 115 Å². The van der Waals surface area contributed by atoms with E-state index in [1.54, 1.807) is 0 Å².